The number of aromatic nitrogens is 2. The molecule has 6 nitrogen and oxygen atoms in total. The summed E-state index contributed by atoms with van der Waals surface area (Å²) >= 11 is 0. The Bertz CT molecular complexity index is 950. The SMILES string of the molecule is O=C(NCc1cccc(OCc2ccccc2)c1)C1CCCN(c2ncccn2)C1. The first-order chi connectivity index (χ1) is 14.8. The van der Waals surface area contributed by atoms with Gasteiger partial charge in [-0.05, 0) is 42.2 Å². The van der Waals surface area contributed by atoms with E-state index in [1.165, 1.54) is 0 Å². The summed E-state index contributed by atoms with van der Waals surface area (Å²) in [6, 6.07) is 19.7. The highest BCUT2D eigenvalue weighted by Crippen LogP contribution is 2.20. The number of benzene rings is 2. The zero-order valence-corrected chi connectivity index (χ0v) is 16.9. The fourth-order valence-corrected chi connectivity index (χ4v) is 3.65. The monoisotopic (exact) mass is 402 g/mol. The van der Waals surface area contributed by atoms with E-state index in [9.17, 15) is 4.79 Å². The maximum absolute atomic E-state index is 12.7. The van der Waals surface area contributed by atoms with Gasteiger partial charge in [-0.15, -0.1) is 0 Å². The standard InChI is InChI=1S/C24H26N4O2/c29-23(21-10-5-14-28(17-21)24-25-12-6-13-26-24)27-16-20-9-4-11-22(15-20)30-18-19-7-2-1-3-8-19/h1-4,6-9,11-13,15,21H,5,10,14,16-18H2,(H,27,29). The van der Waals surface area contributed by atoms with E-state index < -0.39 is 0 Å². The summed E-state index contributed by atoms with van der Waals surface area (Å²) < 4.78 is 5.89. The maximum Gasteiger partial charge on any atom is 0.225 e. The van der Waals surface area contributed by atoms with Crippen LogP contribution in [0.4, 0.5) is 5.95 Å². The zero-order chi connectivity index (χ0) is 20.6. The van der Waals surface area contributed by atoms with E-state index in [4.69, 9.17) is 4.74 Å². The molecule has 1 aliphatic heterocycles. The molecule has 0 bridgehead atoms. The third kappa shape index (κ3) is 5.35. The van der Waals surface area contributed by atoms with Crippen LogP contribution in [0.3, 0.4) is 0 Å². The number of piperidine rings is 1. The minimum Gasteiger partial charge on any atom is -0.489 e. The van der Waals surface area contributed by atoms with Crippen molar-refractivity contribution in [2.24, 2.45) is 5.92 Å². The fraction of sp³-hybridized carbons (Fsp3) is 0.292. The van der Waals surface area contributed by atoms with Crippen LogP contribution in [-0.4, -0.2) is 29.0 Å². The van der Waals surface area contributed by atoms with Crippen LogP contribution < -0.4 is 15.0 Å². The topological polar surface area (TPSA) is 67.3 Å². The van der Waals surface area contributed by atoms with E-state index in [-0.39, 0.29) is 11.8 Å². The van der Waals surface area contributed by atoms with Crippen LogP contribution in [0.2, 0.25) is 0 Å². The molecule has 30 heavy (non-hydrogen) atoms. The Balaban J connectivity index is 1.29. The Hall–Kier alpha value is -3.41. The molecule has 1 aliphatic rings. The number of hydrogen-bond donors (Lipinski definition) is 1. The highest BCUT2D eigenvalue weighted by molar-refractivity contribution is 5.79. The van der Waals surface area contributed by atoms with Gasteiger partial charge in [-0.2, -0.15) is 0 Å². The molecule has 6 heteroatoms. The van der Waals surface area contributed by atoms with Crippen molar-refractivity contribution < 1.29 is 9.53 Å². The smallest absolute Gasteiger partial charge is 0.225 e. The van der Waals surface area contributed by atoms with Gasteiger partial charge in [-0.1, -0.05) is 42.5 Å². The number of carbonyl (C=O) groups excluding carboxylic acids is 1. The molecular weight excluding hydrogens is 376 g/mol. The molecule has 1 saturated heterocycles. The Kier molecular flexibility index (Phi) is 6.54. The van der Waals surface area contributed by atoms with Crippen LogP contribution in [0.25, 0.3) is 0 Å². The predicted octanol–water partition coefficient (Wildman–Crippen LogP) is 3.59. The lowest BCUT2D eigenvalue weighted by molar-refractivity contribution is -0.125. The molecule has 2 aromatic carbocycles. The van der Waals surface area contributed by atoms with Crippen molar-refractivity contribution >= 4 is 11.9 Å². The van der Waals surface area contributed by atoms with E-state index in [0.29, 0.717) is 25.6 Å². The van der Waals surface area contributed by atoms with Gasteiger partial charge in [0.25, 0.3) is 0 Å². The van der Waals surface area contributed by atoms with Crippen LogP contribution in [0.15, 0.2) is 73.1 Å². The van der Waals surface area contributed by atoms with E-state index in [1.54, 1.807) is 18.5 Å². The van der Waals surface area contributed by atoms with E-state index in [0.717, 1.165) is 36.3 Å². The lowest BCUT2D eigenvalue weighted by Crippen LogP contribution is -2.43. The molecule has 2 heterocycles. The van der Waals surface area contributed by atoms with E-state index in [2.05, 4.69) is 20.2 Å². The lowest BCUT2D eigenvalue weighted by atomic mass is 9.97. The van der Waals surface area contributed by atoms with Crippen LogP contribution >= 0.6 is 0 Å². The van der Waals surface area contributed by atoms with E-state index in [1.807, 2.05) is 54.6 Å². The maximum atomic E-state index is 12.7. The molecular formula is C24H26N4O2. The Morgan fingerprint density at radius 1 is 1.03 bits per heavy atom. The molecule has 1 fully saturated rings. The fourth-order valence-electron chi connectivity index (χ4n) is 3.65. The van der Waals surface area contributed by atoms with Gasteiger partial charge >= 0.3 is 0 Å². The molecule has 3 aromatic rings. The average molecular weight is 402 g/mol. The number of hydrogen-bond acceptors (Lipinski definition) is 5. The second-order valence-electron chi connectivity index (χ2n) is 7.47. The lowest BCUT2D eigenvalue weighted by Gasteiger charge is -2.31. The number of ether oxygens (including phenoxy) is 1. The summed E-state index contributed by atoms with van der Waals surface area (Å²) in [5.41, 5.74) is 2.15. The number of carbonyl (C=O) groups is 1. The minimum atomic E-state index is -0.0555. The summed E-state index contributed by atoms with van der Waals surface area (Å²) in [4.78, 5) is 23.4. The van der Waals surface area contributed by atoms with Gasteiger partial charge in [0.1, 0.15) is 12.4 Å². The first-order valence-corrected chi connectivity index (χ1v) is 10.3. The second kappa shape index (κ2) is 9.87. The third-order valence-electron chi connectivity index (χ3n) is 5.24. The Morgan fingerprint density at radius 3 is 2.67 bits per heavy atom. The van der Waals surface area contributed by atoms with Crippen LogP contribution in [0, 0.1) is 5.92 Å². The first kappa shape index (κ1) is 19.9. The van der Waals surface area contributed by atoms with E-state index >= 15 is 0 Å². The highest BCUT2D eigenvalue weighted by atomic mass is 16.5. The van der Waals surface area contributed by atoms with Gasteiger partial charge in [0.2, 0.25) is 11.9 Å². The molecule has 1 amide bonds. The van der Waals surface area contributed by atoms with Gasteiger partial charge in [0, 0.05) is 32.0 Å². The van der Waals surface area contributed by atoms with Gasteiger partial charge in [-0.3, -0.25) is 4.79 Å². The summed E-state index contributed by atoms with van der Waals surface area (Å²) in [6.07, 6.45) is 5.31. The highest BCUT2D eigenvalue weighted by Gasteiger charge is 2.26. The summed E-state index contributed by atoms with van der Waals surface area (Å²) in [5, 5.41) is 3.08. The molecule has 154 valence electrons. The molecule has 1 N–H and O–H groups in total. The molecule has 1 aromatic heterocycles. The number of nitrogens with zero attached hydrogens (tertiary/aromatic N) is 3. The Labute approximate surface area is 176 Å². The quantitative estimate of drug-likeness (QED) is 0.654. The summed E-state index contributed by atoms with van der Waals surface area (Å²) in [7, 11) is 0. The number of nitrogens with one attached hydrogen (secondary N) is 1. The van der Waals surface area contributed by atoms with Gasteiger partial charge in [0.15, 0.2) is 0 Å². The molecule has 1 atom stereocenters. The average Bonchev–Trinajstić information content (AvgIpc) is 2.83. The van der Waals surface area contributed by atoms with Crippen molar-refractivity contribution in [3.05, 3.63) is 84.2 Å². The van der Waals surface area contributed by atoms with Crippen molar-refractivity contribution in [2.45, 2.75) is 26.0 Å². The molecule has 0 aliphatic carbocycles. The molecule has 0 saturated carbocycles. The van der Waals surface area contributed by atoms with Crippen molar-refractivity contribution in [2.75, 3.05) is 18.0 Å². The predicted molar refractivity (Wildman–Crippen MR) is 116 cm³/mol. The van der Waals surface area contributed by atoms with Crippen molar-refractivity contribution in [1.29, 1.82) is 0 Å². The van der Waals surface area contributed by atoms with Crippen molar-refractivity contribution in [1.82, 2.24) is 15.3 Å². The second-order valence-corrected chi connectivity index (χ2v) is 7.47. The summed E-state index contributed by atoms with van der Waals surface area (Å²) in [6.45, 7) is 2.54. The zero-order valence-electron chi connectivity index (χ0n) is 16.9. The van der Waals surface area contributed by atoms with Crippen LogP contribution in [-0.2, 0) is 17.9 Å². The first-order valence-electron chi connectivity index (χ1n) is 10.3. The van der Waals surface area contributed by atoms with Crippen LogP contribution in [0.5, 0.6) is 5.75 Å². The minimum absolute atomic E-state index is 0.0555. The summed E-state index contributed by atoms with van der Waals surface area (Å²) in [5.74, 6) is 1.51. The largest absolute Gasteiger partial charge is 0.489 e. The van der Waals surface area contributed by atoms with Gasteiger partial charge in [-0.25, -0.2) is 9.97 Å². The molecule has 4 rings (SSSR count). The Morgan fingerprint density at radius 2 is 1.83 bits per heavy atom. The normalized spacial score (nSPS) is 16.1. The van der Waals surface area contributed by atoms with Crippen LogP contribution in [0.1, 0.15) is 24.0 Å². The third-order valence-corrected chi connectivity index (χ3v) is 5.24. The number of anilines is 1. The molecule has 1 unspecified atom stereocenters. The number of amides is 1. The van der Waals surface area contributed by atoms with Gasteiger partial charge in [0.05, 0.1) is 5.92 Å². The van der Waals surface area contributed by atoms with Crippen molar-refractivity contribution in [3.63, 3.8) is 0 Å². The van der Waals surface area contributed by atoms with Gasteiger partial charge < -0.3 is 15.0 Å². The number of rotatable bonds is 7. The molecule has 0 radical (unpaired) electrons. The van der Waals surface area contributed by atoms with Crippen molar-refractivity contribution in [3.8, 4) is 5.75 Å². The molecule has 0 spiro atoms.